The quantitative estimate of drug-likeness (QED) is 0.787. The summed E-state index contributed by atoms with van der Waals surface area (Å²) in [6.45, 7) is 2.61. The highest BCUT2D eigenvalue weighted by Gasteiger charge is 2.12. The second kappa shape index (κ2) is 8.01. The molecule has 0 unspecified atom stereocenters. The van der Waals surface area contributed by atoms with Crippen molar-refractivity contribution in [3.05, 3.63) is 35.7 Å². The van der Waals surface area contributed by atoms with Crippen molar-refractivity contribution in [2.24, 2.45) is 0 Å². The van der Waals surface area contributed by atoms with Crippen LogP contribution in [-0.2, 0) is 17.8 Å². The monoisotopic (exact) mass is 333 g/mol. The summed E-state index contributed by atoms with van der Waals surface area (Å²) in [6.07, 6.45) is 0.810. The number of nitrogens with one attached hydrogen (secondary N) is 1. The SMILES string of the molecule is CCc1nc(SCC(=O)N(C)Cc2ccc(N(C)C)cc2)n[nH]1. The van der Waals surface area contributed by atoms with Crippen LogP contribution in [0.1, 0.15) is 18.3 Å². The zero-order valence-corrected chi connectivity index (χ0v) is 14.9. The van der Waals surface area contributed by atoms with Gasteiger partial charge >= 0.3 is 0 Å². The molecule has 7 heteroatoms. The number of amides is 1. The minimum absolute atomic E-state index is 0.0644. The third kappa shape index (κ3) is 4.99. The molecule has 1 aromatic heterocycles. The van der Waals surface area contributed by atoms with Gasteiger partial charge in [0.1, 0.15) is 5.82 Å². The molecule has 1 N–H and O–H groups in total. The first-order valence-corrected chi connectivity index (χ1v) is 8.52. The molecule has 6 nitrogen and oxygen atoms in total. The number of hydrogen-bond donors (Lipinski definition) is 1. The lowest BCUT2D eigenvalue weighted by Crippen LogP contribution is -2.27. The first-order valence-electron chi connectivity index (χ1n) is 7.54. The molecule has 0 saturated carbocycles. The Morgan fingerprint density at radius 2 is 1.91 bits per heavy atom. The summed E-state index contributed by atoms with van der Waals surface area (Å²) in [5.41, 5.74) is 2.26. The number of aryl methyl sites for hydroxylation is 1. The van der Waals surface area contributed by atoms with Crippen LogP contribution in [0.3, 0.4) is 0 Å². The highest BCUT2D eigenvalue weighted by Crippen LogP contribution is 2.16. The fourth-order valence-electron chi connectivity index (χ4n) is 2.00. The van der Waals surface area contributed by atoms with E-state index in [4.69, 9.17) is 0 Å². The molecule has 1 aromatic carbocycles. The Balaban J connectivity index is 1.84. The Labute approximate surface area is 141 Å². The molecule has 0 saturated heterocycles. The van der Waals surface area contributed by atoms with Crippen molar-refractivity contribution in [1.82, 2.24) is 20.1 Å². The predicted octanol–water partition coefficient (Wildman–Crippen LogP) is 2.18. The number of anilines is 1. The van der Waals surface area contributed by atoms with Crippen LogP contribution < -0.4 is 4.90 Å². The van der Waals surface area contributed by atoms with E-state index in [1.165, 1.54) is 11.8 Å². The maximum Gasteiger partial charge on any atom is 0.233 e. The van der Waals surface area contributed by atoms with E-state index in [9.17, 15) is 4.79 Å². The molecule has 0 atom stereocenters. The average molecular weight is 333 g/mol. The van der Waals surface area contributed by atoms with Crippen molar-refractivity contribution in [2.45, 2.75) is 25.0 Å². The Kier molecular flexibility index (Phi) is 6.04. The number of hydrogen-bond acceptors (Lipinski definition) is 5. The van der Waals surface area contributed by atoms with Crippen LogP contribution in [0.15, 0.2) is 29.4 Å². The van der Waals surface area contributed by atoms with E-state index in [0.29, 0.717) is 17.5 Å². The molecule has 23 heavy (non-hydrogen) atoms. The Morgan fingerprint density at radius 3 is 2.48 bits per heavy atom. The summed E-state index contributed by atoms with van der Waals surface area (Å²) in [4.78, 5) is 20.3. The second-order valence-electron chi connectivity index (χ2n) is 5.52. The Hall–Kier alpha value is -2.02. The van der Waals surface area contributed by atoms with Gasteiger partial charge in [-0.3, -0.25) is 9.89 Å². The number of benzene rings is 1. The van der Waals surface area contributed by atoms with Gasteiger partial charge in [0.25, 0.3) is 0 Å². The molecule has 0 bridgehead atoms. The van der Waals surface area contributed by atoms with Gasteiger partial charge in [-0.05, 0) is 17.7 Å². The van der Waals surface area contributed by atoms with Gasteiger partial charge in [0, 0.05) is 39.8 Å². The van der Waals surface area contributed by atoms with Gasteiger partial charge < -0.3 is 9.80 Å². The van der Waals surface area contributed by atoms with Crippen LogP contribution in [0.2, 0.25) is 0 Å². The van der Waals surface area contributed by atoms with Crippen LogP contribution in [-0.4, -0.2) is 52.9 Å². The molecular formula is C16H23N5OS. The zero-order chi connectivity index (χ0) is 16.8. The molecule has 0 fully saturated rings. The van der Waals surface area contributed by atoms with Crippen LogP contribution in [0.4, 0.5) is 5.69 Å². The molecule has 0 aliphatic rings. The van der Waals surface area contributed by atoms with Gasteiger partial charge in [0.2, 0.25) is 11.1 Å². The van der Waals surface area contributed by atoms with Crippen LogP contribution in [0.5, 0.6) is 0 Å². The second-order valence-corrected chi connectivity index (χ2v) is 6.46. The standard InChI is InChI=1S/C16H23N5OS/c1-5-14-17-16(19-18-14)23-11-15(22)21(4)10-12-6-8-13(9-7-12)20(2)3/h6-9H,5,10-11H2,1-4H3,(H,17,18,19). The van der Waals surface area contributed by atoms with Gasteiger partial charge in [0.05, 0.1) is 5.75 Å². The molecule has 0 aliphatic carbocycles. The average Bonchev–Trinajstić information content (AvgIpc) is 3.01. The van der Waals surface area contributed by atoms with Crippen molar-refractivity contribution >= 4 is 23.4 Å². The maximum absolute atomic E-state index is 12.2. The normalized spacial score (nSPS) is 10.6. The van der Waals surface area contributed by atoms with E-state index in [0.717, 1.165) is 23.5 Å². The summed E-state index contributed by atoms with van der Waals surface area (Å²) in [6, 6.07) is 8.22. The highest BCUT2D eigenvalue weighted by molar-refractivity contribution is 7.99. The fraction of sp³-hybridized carbons (Fsp3) is 0.438. The van der Waals surface area contributed by atoms with E-state index in [2.05, 4.69) is 44.3 Å². The largest absolute Gasteiger partial charge is 0.378 e. The zero-order valence-electron chi connectivity index (χ0n) is 14.0. The molecule has 0 spiro atoms. The molecule has 0 aliphatic heterocycles. The van der Waals surface area contributed by atoms with E-state index in [1.807, 2.05) is 28.1 Å². The fourth-order valence-corrected chi connectivity index (χ4v) is 2.76. The van der Waals surface area contributed by atoms with Crippen molar-refractivity contribution in [2.75, 3.05) is 31.8 Å². The summed E-state index contributed by atoms with van der Waals surface area (Å²) in [5, 5.41) is 7.56. The molecule has 1 heterocycles. The lowest BCUT2D eigenvalue weighted by atomic mass is 10.2. The third-order valence-electron chi connectivity index (χ3n) is 3.47. The topological polar surface area (TPSA) is 65.1 Å². The number of aromatic nitrogens is 3. The van der Waals surface area contributed by atoms with Crippen molar-refractivity contribution in [3.8, 4) is 0 Å². The van der Waals surface area contributed by atoms with Gasteiger partial charge in [-0.25, -0.2) is 4.98 Å². The molecule has 2 rings (SSSR count). The van der Waals surface area contributed by atoms with Crippen molar-refractivity contribution in [1.29, 1.82) is 0 Å². The van der Waals surface area contributed by atoms with E-state index in [-0.39, 0.29) is 5.91 Å². The van der Waals surface area contributed by atoms with Crippen molar-refractivity contribution < 1.29 is 4.79 Å². The molecule has 124 valence electrons. The number of carbonyl (C=O) groups is 1. The minimum Gasteiger partial charge on any atom is -0.378 e. The summed E-state index contributed by atoms with van der Waals surface area (Å²) in [7, 11) is 5.84. The number of thioether (sulfide) groups is 1. The lowest BCUT2D eigenvalue weighted by molar-refractivity contribution is -0.127. The first kappa shape index (κ1) is 17.3. The highest BCUT2D eigenvalue weighted by atomic mass is 32.2. The van der Waals surface area contributed by atoms with E-state index >= 15 is 0 Å². The van der Waals surface area contributed by atoms with E-state index in [1.54, 1.807) is 4.90 Å². The first-order chi connectivity index (χ1) is 11.0. The number of nitrogens with zero attached hydrogens (tertiary/aromatic N) is 4. The van der Waals surface area contributed by atoms with Gasteiger partial charge in [0.15, 0.2) is 0 Å². The van der Waals surface area contributed by atoms with Gasteiger partial charge in [-0.1, -0.05) is 30.8 Å². The minimum atomic E-state index is 0.0644. The number of aromatic amines is 1. The van der Waals surface area contributed by atoms with Crippen molar-refractivity contribution in [3.63, 3.8) is 0 Å². The molecular weight excluding hydrogens is 310 g/mol. The number of rotatable bonds is 7. The molecule has 2 aromatic rings. The van der Waals surface area contributed by atoms with Gasteiger partial charge in [-0.15, -0.1) is 5.10 Å². The number of H-pyrrole nitrogens is 1. The lowest BCUT2D eigenvalue weighted by Gasteiger charge is -2.18. The third-order valence-corrected chi connectivity index (χ3v) is 4.30. The molecule has 0 radical (unpaired) electrons. The van der Waals surface area contributed by atoms with Crippen LogP contribution in [0.25, 0.3) is 0 Å². The van der Waals surface area contributed by atoms with E-state index < -0.39 is 0 Å². The maximum atomic E-state index is 12.2. The van der Waals surface area contributed by atoms with Crippen LogP contribution in [0, 0.1) is 0 Å². The summed E-state index contributed by atoms with van der Waals surface area (Å²) in [5.74, 6) is 1.25. The smallest absolute Gasteiger partial charge is 0.233 e. The predicted molar refractivity (Wildman–Crippen MR) is 93.7 cm³/mol. The summed E-state index contributed by atoms with van der Waals surface area (Å²) < 4.78 is 0. The Bertz CT molecular complexity index is 638. The summed E-state index contributed by atoms with van der Waals surface area (Å²) >= 11 is 1.36. The molecule has 1 amide bonds. The van der Waals surface area contributed by atoms with Gasteiger partial charge in [-0.2, -0.15) is 0 Å². The number of carbonyl (C=O) groups excluding carboxylic acids is 1. The van der Waals surface area contributed by atoms with Crippen LogP contribution >= 0.6 is 11.8 Å². The Morgan fingerprint density at radius 1 is 1.22 bits per heavy atom.